The Labute approximate surface area is 151 Å². The van der Waals surface area contributed by atoms with E-state index in [0.717, 1.165) is 17.4 Å². The summed E-state index contributed by atoms with van der Waals surface area (Å²) in [5.74, 6) is 0.827. The first-order valence-corrected chi connectivity index (χ1v) is 9.82. The highest BCUT2D eigenvalue weighted by Crippen LogP contribution is 2.34. The summed E-state index contributed by atoms with van der Waals surface area (Å²) in [4.78, 5) is 13.7. The predicted octanol–water partition coefficient (Wildman–Crippen LogP) is 2.85. The van der Waals surface area contributed by atoms with Gasteiger partial charge < -0.3 is 10.1 Å². The van der Waals surface area contributed by atoms with Gasteiger partial charge >= 0.3 is 11.8 Å². The molecule has 0 aliphatic heterocycles. The number of aromatic nitrogens is 1. The molecular formula is C17H24N3O2S2+. The maximum absolute atomic E-state index is 11.6. The molecule has 0 spiro atoms. The number of hydrogen-bond donors (Lipinski definition) is 1. The molecule has 1 aromatic carbocycles. The first kappa shape index (κ1) is 18.6. The van der Waals surface area contributed by atoms with Gasteiger partial charge in [0.05, 0.1) is 20.7 Å². The third-order valence-corrected chi connectivity index (χ3v) is 5.59. The topological polar surface area (TPSA) is 45.5 Å². The monoisotopic (exact) mass is 366 g/mol. The Hall–Kier alpha value is -1.73. The molecule has 0 fully saturated rings. The normalized spacial score (nSPS) is 10.5. The van der Waals surface area contributed by atoms with Gasteiger partial charge in [-0.2, -0.15) is 0 Å². The zero-order valence-electron chi connectivity index (χ0n) is 14.5. The molecule has 1 heterocycles. The summed E-state index contributed by atoms with van der Waals surface area (Å²) in [5.41, 5.74) is 1.25. The summed E-state index contributed by atoms with van der Waals surface area (Å²) in [5, 5.41) is 4.21. The fourth-order valence-corrected chi connectivity index (χ4v) is 4.30. The Bertz CT molecular complexity index is 672. The second-order valence-electron chi connectivity index (χ2n) is 5.35. The van der Waals surface area contributed by atoms with Crippen LogP contribution >= 0.6 is 23.1 Å². The van der Waals surface area contributed by atoms with Crippen LogP contribution in [0.2, 0.25) is 0 Å². The van der Waals surface area contributed by atoms with Crippen molar-refractivity contribution in [3.8, 4) is 0 Å². The Morgan fingerprint density at radius 3 is 2.62 bits per heavy atom. The summed E-state index contributed by atoms with van der Waals surface area (Å²) < 4.78 is 8.47. The lowest BCUT2D eigenvalue weighted by Crippen LogP contribution is -2.40. The number of carbonyl (C=O) groups is 1. The first-order valence-electron chi connectivity index (χ1n) is 7.78. The quantitative estimate of drug-likeness (QED) is 0.442. The fourth-order valence-electron chi connectivity index (χ4n) is 2.38. The average molecular weight is 367 g/mol. The number of ether oxygens (including phenoxy) is 1. The van der Waals surface area contributed by atoms with Crippen LogP contribution in [0.1, 0.15) is 12.5 Å². The predicted molar refractivity (Wildman–Crippen MR) is 101 cm³/mol. The molecule has 0 aliphatic carbocycles. The van der Waals surface area contributed by atoms with E-state index in [4.69, 9.17) is 4.74 Å². The van der Waals surface area contributed by atoms with E-state index in [-0.39, 0.29) is 12.5 Å². The lowest BCUT2D eigenvalue weighted by atomic mass is 10.2. The van der Waals surface area contributed by atoms with Crippen molar-refractivity contribution in [3.05, 3.63) is 35.9 Å². The lowest BCUT2D eigenvalue weighted by Gasteiger charge is -2.11. The molecule has 0 saturated heterocycles. The molecule has 0 saturated carbocycles. The van der Waals surface area contributed by atoms with E-state index in [0.29, 0.717) is 6.61 Å². The summed E-state index contributed by atoms with van der Waals surface area (Å²) in [6.07, 6.45) is 2.07. The van der Waals surface area contributed by atoms with Gasteiger partial charge in [0.1, 0.15) is 13.1 Å². The minimum Gasteiger partial charge on any atom is -0.465 e. The van der Waals surface area contributed by atoms with Crippen LogP contribution in [0.25, 0.3) is 0 Å². The van der Waals surface area contributed by atoms with Crippen LogP contribution in [-0.4, -0.2) is 39.5 Å². The molecular weight excluding hydrogens is 342 g/mol. The number of nitrogens with one attached hydrogen (secondary N) is 1. The van der Waals surface area contributed by atoms with Crippen LogP contribution in [-0.2, 0) is 16.1 Å². The number of anilines is 2. The Morgan fingerprint density at radius 1 is 1.33 bits per heavy atom. The molecule has 0 unspecified atom stereocenters. The molecule has 0 atom stereocenters. The molecule has 1 aromatic heterocycles. The fraction of sp³-hybridized carbons (Fsp3) is 0.412. The molecule has 0 bridgehead atoms. The van der Waals surface area contributed by atoms with Crippen molar-refractivity contribution in [2.45, 2.75) is 17.8 Å². The van der Waals surface area contributed by atoms with E-state index in [2.05, 4.69) is 45.3 Å². The van der Waals surface area contributed by atoms with Crippen molar-refractivity contribution >= 4 is 39.9 Å². The van der Waals surface area contributed by atoms with Gasteiger partial charge in [-0.3, -0.25) is 9.69 Å². The van der Waals surface area contributed by atoms with E-state index in [1.54, 1.807) is 23.1 Å². The number of esters is 1. The highest BCUT2D eigenvalue weighted by molar-refractivity contribution is 8.00. The van der Waals surface area contributed by atoms with Gasteiger partial charge in [0, 0.05) is 0 Å². The number of benzene rings is 1. The first-order chi connectivity index (χ1) is 11.6. The molecule has 1 N–H and O–H groups in total. The van der Waals surface area contributed by atoms with Gasteiger partial charge in [-0.1, -0.05) is 53.4 Å². The SMILES string of the molecule is CCOC(=O)CNc1sc(SC)[n+](Cc2ccccc2)c1N(C)C. The van der Waals surface area contributed by atoms with Gasteiger partial charge in [-0.15, -0.1) is 0 Å². The summed E-state index contributed by atoms with van der Waals surface area (Å²) in [6.45, 7) is 3.18. The second-order valence-corrected chi connectivity index (χ2v) is 7.40. The number of rotatable bonds is 8. The second kappa shape index (κ2) is 8.94. The molecule has 0 aliphatic rings. The van der Waals surface area contributed by atoms with Crippen molar-refractivity contribution < 1.29 is 14.1 Å². The number of thioether (sulfide) groups is 1. The Morgan fingerprint density at radius 2 is 2.04 bits per heavy atom. The number of hydrogen-bond acceptors (Lipinski definition) is 6. The number of nitrogens with zero attached hydrogens (tertiary/aromatic N) is 2. The van der Waals surface area contributed by atoms with Crippen LogP contribution < -0.4 is 14.8 Å². The van der Waals surface area contributed by atoms with Crippen LogP contribution in [0.5, 0.6) is 0 Å². The highest BCUT2D eigenvalue weighted by atomic mass is 32.2. The number of carbonyl (C=O) groups excluding carboxylic acids is 1. The molecule has 2 aromatic rings. The smallest absolute Gasteiger partial charge is 0.325 e. The average Bonchev–Trinajstić information content (AvgIpc) is 2.92. The van der Waals surface area contributed by atoms with Crippen molar-refractivity contribution in [3.63, 3.8) is 0 Å². The van der Waals surface area contributed by atoms with Crippen molar-refractivity contribution in [1.82, 2.24) is 0 Å². The molecule has 0 radical (unpaired) electrons. The van der Waals surface area contributed by atoms with Crippen molar-refractivity contribution in [2.75, 3.05) is 43.7 Å². The molecule has 130 valence electrons. The van der Waals surface area contributed by atoms with Crippen LogP contribution in [0.15, 0.2) is 34.7 Å². The highest BCUT2D eigenvalue weighted by Gasteiger charge is 2.26. The van der Waals surface area contributed by atoms with Crippen LogP contribution in [0.4, 0.5) is 10.8 Å². The summed E-state index contributed by atoms with van der Waals surface area (Å²) in [7, 11) is 4.03. The maximum Gasteiger partial charge on any atom is 0.325 e. The van der Waals surface area contributed by atoms with E-state index < -0.39 is 0 Å². The minimum atomic E-state index is -0.240. The third-order valence-electron chi connectivity index (χ3n) is 3.35. The maximum atomic E-state index is 11.6. The van der Waals surface area contributed by atoms with Gasteiger partial charge in [0.15, 0.2) is 5.00 Å². The Balaban J connectivity index is 2.29. The molecule has 2 rings (SSSR count). The zero-order valence-corrected chi connectivity index (χ0v) is 16.2. The Kier molecular flexibility index (Phi) is 6.93. The van der Waals surface area contributed by atoms with Gasteiger partial charge in [0.2, 0.25) is 4.34 Å². The summed E-state index contributed by atoms with van der Waals surface area (Å²) >= 11 is 3.37. The lowest BCUT2D eigenvalue weighted by molar-refractivity contribution is -0.705. The van der Waals surface area contributed by atoms with E-state index in [1.165, 1.54) is 9.90 Å². The summed E-state index contributed by atoms with van der Waals surface area (Å²) in [6, 6.07) is 10.4. The van der Waals surface area contributed by atoms with E-state index >= 15 is 0 Å². The largest absolute Gasteiger partial charge is 0.465 e. The standard InChI is InChI=1S/C17H24N3O2S2/c1-5-22-14(21)11-18-15-16(19(2)3)20(17(23-4)24-15)12-13-9-7-6-8-10-13/h6-10,18H,5,11-12H2,1-4H3/q+1. The van der Waals surface area contributed by atoms with Crippen LogP contribution in [0.3, 0.4) is 0 Å². The van der Waals surface area contributed by atoms with Crippen molar-refractivity contribution in [2.24, 2.45) is 0 Å². The molecule has 5 nitrogen and oxygen atoms in total. The van der Waals surface area contributed by atoms with E-state index in [9.17, 15) is 4.79 Å². The van der Waals surface area contributed by atoms with Crippen LogP contribution in [0, 0.1) is 0 Å². The zero-order chi connectivity index (χ0) is 17.5. The number of thiazole rings is 1. The molecule has 0 amide bonds. The minimum absolute atomic E-state index is 0.175. The van der Waals surface area contributed by atoms with Gasteiger partial charge in [-0.05, 0) is 18.7 Å². The molecule has 7 heteroatoms. The van der Waals surface area contributed by atoms with Gasteiger partial charge in [0.25, 0.3) is 0 Å². The van der Waals surface area contributed by atoms with E-state index in [1.807, 2.05) is 27.1 Å². The molecule has 24 heavy (non-hydrogen) atoms. The van der Waals surface area contributed by atoms with Gasteiger partial charge in [-0.25, -0.2) is 4.57 Å². The third kappa shape index (κ3) is 4.64. The van der Waals surface area contributed by atoms with Crippen molar-refractivity contribution in [1.29, 1.82) is 0 Å².